The Kier molecular flexibility index (Phi) is 10.4. The number of aliphatic hydroxyl groups is 1. The molecule has 2 atom stereocenters. The van der Waals surface area contributed by atoms with E-state index in [9.17, 15) is 9.90 Å². The van der Waals surface area contributed by atoms with E-state index in [0.29, 0.717) is 65.7 Å². The van der Waals surface area contributed by atoms with Gasteiger partial charge in [-0.2, -0.15) is 0 Å². The lowest BCUT2D eigenvalue weighted by Crippen LogP contribution is -2.37. The molecule has 41 heavy (non-hydrogen) atoms. The van der Waals surface area contributed by atoms with Gasteiger partial charge in [0.05, 0.1) is 28.6 Å². The number of halogens is 1. The van der Waals surface area contributed by atoms with Gasteiger partial charge in [-0.3, -0.25) is 0 Å². The number of ether oxygens (including phenoxy) is 2. The first kappa shape index (κ1) is 30.5. The van der Waals surface area contributed by atoms with Gasteiger partial charge in [0.2, 0.25) is 0 Å². The summed E-state index contributed by atoms with van der Waals surface area (Å²) >= 11 is 6.64. The molecule has 11 nitrogen and oxygen atoms in total. The van der Waals surface area contributed by atoms with E-state index in [1.54, 1.807) is 25.2 Å². The Morgan fingerprint density at radius 2 is 2.10 bits per heavy atom. The van der Waals surface area contributed by atoms with Crippen LogP contribution in [0.1, 0.15) is 43.2 Å². The zero-order chi connectivity index (χ0) is 29.5. The smallest absolute Gasteiger partial charge is 0.409 e. The number of carbonyl (C=O) groups excluding carboxylic acids is 1. The number of anilines is 1. The Hall–Kier alpha value is -3.41. The molecule has 1 saturated heterocycles. The summed E-state index contributed by atoms with van der Waals surface area (Å²) in [5.74, 6) is 2.25. The lowest BCUT2D eigenvalue weighted by Gasteiger charge is -2.24. The summed E-state index contributed by atoms with van der Waals surface area (Å²) in [6, 6.07) is 5.35. The van der Waals surface area contributed by atoms with Gasteiger partial charge in [0.25, 0.3) is 0 Å². The van der Waals surface area contributed by atoms with Gasteiger partial charge in [-0.05, 0) is 72.2 Å². The number of benzene rings is 1. The van der Waals surface area contributed by atoms with E-state index in [4.69, 9.17) is 35.6 Å². The molecule has 1 aromatic carbocycles. The van der Waals surface area contributed by atoms with Crippen LogP contribution < -0.4 is 15.4 Å². The zero-order valence-electron chi connectivity index (χ0n) is 24.3. The van der Waals surface area contributed by atoms with Crippen LogP contribution in [0.5, 0.6) is 5.75 Å². The van der Waals surface area contributed by atoms with Crippen LogP contribution in [0.4, 0.5) is 10.6 Å². The quantitative estimate of drug-likeness (QED) is 0.272. The molecule has 0 spiro atoms. The maximum atomic E-state index is 12.4. The van der Waals surface area contributed by atoms with E-state index in [1.807, 2.05) is 32.6 Å². The Balaban J connectivity index is 1.64. The highest BCUT2D eigenvalue weighted by atomic mass is 35.5. The fourth-order valence-electron chi connectivity index (χ4n) is 5.07. The molecular weight excluding hydrogens is 548 g/mol. The number of amides is 1. The monoisotopic (exact) mass is 586 g/mol. The first-order chi connectivity index (χ1) is 19.7. The lowest BCUT2D eigenvalue weighted by molar-refractivity contribution is 0.102. The summed E-state index contributed by atoms with van der Waals surface area (Å²) in [6.45, 7) is 9.70. The summed E-state index contributed by atoms with van der Waals surface area (Å²) < 4.78 is 16.5. The predicted molar refractivity (Wildman–Crippen MR) is 157 cm³/mol. The lowest BCUT2D eigenvalue weighted by atomic mass is 10.0. The van der Waals surface area contributed by atoms with Gasteiger partial charge in [-0.1, -0.05) is 16.8 Å². The summed E-state index contributed by atoms with van der Waals surface area (Å²) in [4.78, 5) is 24.0. The molecule has 3 aromatic rings. The number of aryl methyl sites for hydroxylation is 2. The first-order valence-corrected chi connectivity index (χ1v) is 14.4. The van der Waals surface area contributed by atoms with Crippen molar-refractivity contribution in [3.63, 3.8) is 0 Å². The molecule has 1 fully saturated rings. The topological polar surface area (TPSA) is 135 Å². The number of carbonyl (C=O) groups is 1. The van der Waals surface area contributed by atoms with Gasteiger partial charge in [-0.15, -0.1) is 0 Å². The minimum absolute atomic E-state index is 0.103. The van der Waals surface area contributed by atoms with Crippen LogP contribution in [-0.4, -0.2) is 83.3 Å². The summed E-state index contributed by atoms with van der Waals surface area (Å²) in [5, 5.41) is 21.0. The molecule has 1 amide bonds. The molecule has 0 aliphatic carbocycles. The van der Waals surface area contributed by atoms with E-state index in [0.717, 1.165) is 36.1 Å². The fourth-order valence-corrected chi connectivity index (χ4v) is 5.27. The van der Waals surface area contributed by atoms with Crippen molar-refractivity contribution in [2.45, 2.75) is 59.1 Å². The van der Waals surface area contributed by atoms with Crippen molar-refractivity contribution in [3.05, 3.63) is 40.2 Å². The Bertz CT molecular complexity index is 1330. The van der Waals surface area contributed by atoms with Crippen molar-refractivity contribution >= 4 is 23.5 Å². The number of rotatable bonds is 12. The SMILES string of the molecule is CCOC(=O)N1CCC[C@H]1CCNc1nc(-c2cc(OC[C@H](O)CNC)ccc2Cl)nc(-c2c(C)noc2C)c1C. The van der Waals surface area contributed by atoms with Gasteiger partial charge in [-0.25, -0.2) is 14.8 Å². The average molecular weight is 587 g/mol. The molecule has 2 aromatic heterocycles. The molecule has 3 heterocycles. The third-order valence-electron chi connectivity index (χ3n) is 7.13. The van der Waals surface area contributed by atoms with Crippen molar-refractivity contribution in [2.24, 2.45) is 0 Å². The molecule has 0 bridgehead atoms. The van der Waals surface area contributed by atoms with Crippen molar-refractivity contribution in [1.82, 2.24) is 25.3 Å². The van der Waals surface area contributed by atoms with Crippen molar-refractivity contribution in [3.8, 4) is 28.4 Å². The number of likely N-dealkylation sites (N-methyl/N-ethyl adjacent to an activating group) is 1. The van der Waals surface area contributed by atoms with Gasteiger partial charge in [0.1, 0.15) is 30.0 Å². The number of likely N-dealkylation sites (tertiary alicyclic amines) is 1. The molecule has 3 N–H and O–H groups in total. The molecule has 0 saturated carbocycles. The van der Waals surface area contributed by atoms with Gasteiger partial charge < -0.3 is 34.6 Å². The van der Waals surface area contributed by atoms with Crippen LogP contribution in [0.25, 0.3) is 22.6 Å². The predicted octanol–water partition coefficient (Wildman–Crippen LogP) is 4.76. The zero-order valence-corrected chi connectivity index (χ0v) is 25.0. The summed E-state index contributed by atoms with van der Waals surface area (Å²) in [6.07, 6.45) is 1.73. The second kappa shape index (κ2) is 14.0. The van der Waals surface area contributed by atoms with Gasteiger partial charge >= 0.3 is 6.09 Å². The molecule has 1 aliphatic heterocycles. The molecule has 222 valence electrons. The number of aliphatic hydroxyl groups excluding tert-OH is 1. The minimum Gasteiger partial charge on any atom is -0.491 e. The van der Waals surface area contributed by atoms with E-state index in [-0.39, 0.29) is 18.7 Å². The summed E-state index contributed by atoms with van der Waals surface area (Å²) in [5.41, 5.74) is 3.65. The second-order valence-electron chi connectivity index (χ2n) is 10.1. The molecule has 0 radical (unpaired) electrons. The maximum Gasteiger partial charge on any atom is 0.409 e. The Morgan fingerprint density at radius 3 is 2.80 bits per heavy atom. The van der Waals surface area contributed by atoms with Crippen LogP contribution in [0.15, 0.2) is 22.7 Å². The molecule has 12 heteroatoms. The summed E-state index contributed by atoms with van der Waals surface area (Å²) in [7, 11) is 1.77. The number of hydrogen-bond acceptors (Lipinski definition) is 10. The molecule has 4 rings (SSSR count). The highest BCUT2D eigenvalue weighted by Gasteiger charge is 2.29. The highest BCUT2D eigenvalue weighted by Crippen LogP contribution is 2.36. The standard InChI is InChI=1S/C29H39ClN6O5/c1-6-39-29(38)36-13-7-8-20(36)11-12-32-27-17(2)26(25-18(3)35-41-19(25)4)33-28(34-27)23-14-22(9-10-24(23)30)40-16-21(37)15-31-5/h9-10,14,20-21,31,37H,6-8,11-13,15-16H2,1-5H3,(H,32,33,34)/t20-,21+/m0/s1. The third-order valence-corrected chi connectivity index (χ3v) is 7.46. The average Bonchev–Trinajstić information content (AvgIpc) is 3.55. The number of nitrogens with one attached hydrogen (secondary N) is 2. The van der Waals surface area contributed by atoms with Gasteiger partial charge in [0.15, 0.2) is 5.82 Å². The van der Waals surface area contributed by atoms with E-state index in [1.165, 1.54) is 0 Å². The Morgan fingerprint density at radius 1 is 1.29 bits per heavy atom. The van der Waals surface area contributed by atoms with Crippen LogP contribution >= 0.6 is 11.6 Å². The minimum atomic E-state index is -0.656. The van der Waals surface area contributed by atoms with E-state index >= 15 is 0 Å². The van der Waals surface area contributed by atoms with Crippen LogP contribution in [0.3, 0.4) is 0 Å². The molecule has 0 unspecified atom stereocenters. The van der Waals surface area contributed by atoms with E-state index < -0.39 is 6.10 Å². The second-order valence-corrected chi connectivity index (χ2v) is 10.5. The van der Waals surface area contributed by atoms with Gasteiger partial charge in [0, 0.05) is 36.8 Å². The fraction of sp³-hybridized carbons (Fsp3) is 0.517. The third kappa shape index (κ3) is 7.27. The molecular formula is C29H39ClN6O5. The Labute approximate surface area is 245 Å². The normalized spacial score (nSPS) is 15.7. The van der Waals surface area contributed by atoms with Crippen LogP contribution in [-0.2, 0) is 4.74 Å². The molecule has 1 aliphatic rings. The van der Waals surface area contributed by atoms with E-state index in [2.05, 4.69) is 15.8 Å². The van der Waals surface area contributed by atoms with Crippen LogP contribution in [0, 0.1) is 20.8 Å². The van der Waals surface area contributed by atoms with Crippen molar-refractivity contribution in [1.29, 1.82) is 0 Å². The van der Waals surface area contributed by atoms with Crippen LogP contribution in [0.2, 0.25) is 5.02 Å². The largest absolute Gasteiger partial charge is 0.491 e. The number of nitrogens with zero attached hydrogens (tertiary/aromatic N) is 4. The first-order valence-electron chi connectivity index (χ1n) is 14.0. The van der Waals surface area contributed by atoms with Crippen molar-refractivity contribution in [2.75, 3.05) is 45.2 Å². The highest BCUT2D eigenvalue weighted by molar-refractivity contribution is 6.33. The maximum absolute atomic E-state index is 12.4. The number of hydrogen-bond donors (Lipinski definition) is 3. The van der Waals surface area contributed by atoms with Crippen molar-refractivity contribution < 1.29 is 23.9 Å². The number of aromatic nitrogens is 3.